The van der Waals surface area contributed by atoms with Gasteiger partial charge in [0.1, 0.15) is 17.6 Å². The van der Waals surface area contributed by atoms with E-state index in [9.17, 15) is 4.79 Å². The molecule has 1 saturated heterocycles. The van der Waals surface area contributed by atoms with Gasteiger partial charge in [-0.1, -0.05) is 5.21 Å². The molecule has 1 aliphatic rings. The van der Waals surface area contributed by atoms with E-state index < -0.39 is 6.04 Å². The number of urea groups is 1. The van der Waals surface area contributed by atoms with Gasteiger partial charge >= 0.3 is 6.03 Å². The van der Waals surface area contributed by atoms with Crippen molar-refractivity contribution in [1.82, 2.24) is 25.2 Å². The van der Waals surface area contributed by atoms with E-state index in [4.69, 9.17) is 10.5 Å². The molecule has 1 aliphatic heterocycles. The average Bonchev–Trinajstić information content (AvgIpc) is 2.83. The van der Waals surface area contributed by atoms with Crippen LogP contribution in [0.2, 0.25) is 0 Å². The van der Waals surface area contributed by atoms with Crippen molar-refractivity contribution < 1.29 is 9.90 Å². The predicted molar refractivity (Wildman–Crippen MR) is 63.1 cm³/mol. The number of amides is 2. The van der Waals surface area contributed by atoms with Crippen molar-refractivity contribution >= 4 is 11.9 Å². The maximum absolute atomic E-state index is 11.7. The Morgan fingerprint density at radius 2 is 2.33 bits per heavy atom. The summed E-state index contributed by atoms with van der Waals surface area (Å²) in [6.45, 7) is 4.07. The number of carbonyl (C=O) groups excluding carboxylic acids is 1. The highest BCUT2D eigenvalue weighted by Gasteiger charge is 2.39. The van der Waals surface area contributed by atoms with Gasteiger partial charge in [0.15, 0.2) is 0 Å². The number of carbonyl (C=O) groups is 1. The molecule has 1 aromatic rings. The zero-order chi connectivity index (χ0) is 13.3. The van der Waals surface area contributed by atoms with Crippen LogP contribution in [0.3, 0.4) is 0 Å². The van der Waals surface area contributed by atoms with E-state index in [-0.39, 0.29) is 24.5 Å². The Hall–Kier alpha value is -1.96. The van der Waals surface area contributed by atoms with Gasteiger partial charge in [-0.2, -0.15) is 0 Å². The maximum atomic E-state index is 11.7. The third-order valence-electron chi connectivity index (χ3n) is 2.75. The molecule has 1 atom stereocenters. The van der Waals surface area contributed by atoms with E-state index in [1.807, 2.05) is 13.8 Å². The zero-order valence-corrected chi connectivity index (χ0v) is 10.3. The van der Waals surface area contributed by atoms with Crippen LogP contribution < -0.4 is 5.32 Å². The first-order valence-corrected chi connectivity index (χ1v) is 5.73. The Morgan fingerprint density at radius 1 is 1.61 bits per heavy atom. The Balaban J connectivity index is 2.28. The van der Waals surface area contributed by atoms with Gasteiger partial charge in [0.2, 0.25) is 0 Å². The van der Waals surface area contributed by atoms with Crippen LogP contribution in [-0.2, 0) is 6.54 Å². The first kappa shape index (κ1) is 12.5. The second-order valence-electron chi connectivity index (χ2n) is 4.38. The van der Waals surface area contributed by atoms with Gasteiger partial charge < -0.3 is 10.0 Å². The number of amidine groups is 1. The van der Waals surface area contributed by atoms with Gasteiger partial charge in [0, 0.05) is 6.04 Å². The van der Waals surface area contributed by atoms with Crippen LogP contribution >= 0.6 is 0 Å². The molecule has 8 heteroatoms. The van der Waals surface area contributed by atoms with Crippen molar-refractivity contribution in [3.63, 3.8) is 0 Å². The molecular weight excluding hydrogens is 236 g/mol. The molecule has 2 amide bonds. The van der Waals surface area contributed by atoms with Gasteiger partial charge in [-0.25, -0.2) is 9.48 Å². The molecule has 0 aromatic carbocycles. The van der Waals surface area contributed by atoms with Crippen molar-refractivity contribution in [2.45, 2.75) is 32.5 Å². The maximum Gasteiger partial charge on any atom is 0.323 e. The number of hydrogen-bond donors (Lipinski definition) is 3. The fraction of sp³-hybridized carbons (Fsp3) is 0.600. The number of aliphatic hydroxyl groups excluding tert-OH is 1. The van der Waals surface area contributed by atoms with Gasteiger partial charge in [0.25, 0.3) is 0 Å². The zero-order valence-electron chi connectivity index (χ0n) is 10.3. The van der Waals surface area contributed by atoms with Gasteiger partial charge in [-0.15, -0.1) is 5.10 Å². The summed E-state index contributed by atoms with van der Waals surface area (Å²) < 4.78 is 1.49. The van der Waals surface area contributed by atoms with Crippen molar-refractivity contribution in [3.05, 3.63) is 11.9 Å². The molecule has 8 nitrogen and oxygen atoms in total. The lowest BCUT2D eigenvalue weighted by Crippen LogP contribution is -2.35. The van der Waals surface area contributed by atoms with E-state index >= 15 is 0 Å². The third-order valence-corrected chi connectivity index (χ3v) is 2.75. The minimum absolute atomic E-state index is 0.0318. The summed E-state index contributed by atoms with van der Waals surface area (Å²) in [5.41, 5.74) is 0.528. The quantitative estimate of drug-likeness (QED) is 0.685. The molecule has 1 unspecified atom stereocenters. The van der Waals surface area contributed by atoms with Crippen LogP contribution in [-0.4, -0.2) is 49.5 Å². The van der Waals surface area contributed by atoms with Crippen molar-refractivity contribution in [1.29, 1.82) is 5.41 Å². The monoisotopic (exact) mass is 252 g/mol. The Kier molecular flexibility index (Phi) is 3.28. The summed E-state index contributed by atoms with van der Waals surface area (Å²) >= 11 is 0. The summed E-state index contributed by atoms with van der Waals surface area (Å²) in [6.07, 6.45) is 1.64. The van der Waals surface area contributed by atoms with E-state index in [0.29, 0.717) is 12.2 Å². The normalized spacial score (nSPS) is 19.8. The van der Waals surface area contributed by atoms with E-state index in [1.54, 1.807) is 11.1 Å². The van der Waals surface area contributed by atoms with E-state index in [0.717, 1.165) is 0 Å². The molecule has 0 spiro atoms. The van der Waals surface area contributed by atoms with Crippen molar-refractivity contribution in [2.24, 2.45) is 0 Å². The molecule has 0 radical (unpaired) electrons. The summed E-state index contributed by atoms with van der Waals surface area (Å²) in [7, 11) is 0. The molecule has 0 saturated carbocycles. The first-order valence-electron chi connectivity index (χ1n) is 5.73. The van der Waals surface area contributed by atoms with Crippen LogP contribution in [0.1, 0.15) is 25.6 Å². The summed E-state index contributed by atoms with van der Waals surface area (Å²) in [5, 5.41) is 26.9. The molecule has 3 N–H and O–H groups in total. The first-order chi connectivity index (χ1) is 8.54. The molecule has 0 bridgehead atoms. The Labute approximate surface area is 104 Å². The summed E-state index contributed by atoms with van der Waals surface area (Å²) in [5.74, 6) is 0.102. The van der Waals surface area contributed by atoms with Gasteiger partial charge in [0.05, 0.1) is 19.3 Å². The number of rotatable bonds is 4. The summed E-state index contributed by atoms with van der Waals surface area (Å²) in [6, 6.07) is -0.859. The number of aromatic nitrogens is 3. The Bertz CT molecular complexity index is 469. The molecule has 1 aromatic heterocycles. The molecule has 2 heterocycles. The van der Waals surface area contributed by atoms with Crippen LogP contribution in [0.5, 0.6) is 0 Å². The van der Waals surface area contributed by atoms with Crippen molar-refractivity contribution in [3.8, 4) is 0 Å². The number of nitrogens with zero attached hydrogens (tertiary/aromatic N) is 4. The number of nitrogens with one attached hydrogen (secondary N) is 2. The molecule has 98 valence electrons. The molecule has 0 aliphatic carbocycles. The largest absolute Gasteiger partial charge is 0.394 e. The van der Waals surface area contributed by atoms with Crippen LogP contribution in [0.4, 0.5) is 4.79 Å². The topological polar surface area (TPSA) is 107 Å². The molecular formula is C10H16N6O2. The highest BCUT2D eigenvalue weighted by Crippen LogP contribution is 2.26. The third kappa shape index (κ3) is 2.06. The highest BCUT2D eigenvalue weighted by atomic mass is 16.3. The standard InChI is InChI=1S/C10H16N6O2/c1-6(2)16-8(9(11)12-10(16)18)7-5-15(3-4-17)14-13-7/h5-6,8,17H,3-4H2,1-2H3,(H2,11,12,18). The van der Waals surface area contributed by atoms with Gasteiger partial charge in [-0.05, 0) is 13.8 Å². The van der Waals surface area contributed by atoms with Crippen LogP contribution in [0.25, 0.3) is 0 Å². The van der Waals surface area contributed by atoms with Gasteiger partial charge in [-0.3, -0.25) is 10.7 Å². The minimum atomic E-state index is -0.523. The summed E-state index contributed by atoms with van der Waals surface area (Å²) in [4.78, 5) is 13.3. The van der Waals surface area contributed by atoms with E-state index in [1.165, 1.54) is 4.68 Å². The Morgan fingerprint density at radius 3 is 2.94 bits per heavy atom. The lowest BCUT2D eigenvalue weighted by molar-refractivity contribution is 0.189. The predicted octanol–water partition coefficient (Wildman–Crippen LogP) is -0.278. The molecule has 1 fully saturated rings. The van der Waals surface area contributed by atoms with Crippen molar-refractivity contribution in [2.75, 3.05) is 6.61 Å². The van der Waals surface area contributed by atoms with Crippen LogP contribution in [0.15, 0.2) is 6.20 Å². The fourth-order valence-electron chi connectivity index (χ4n) is 1.98. The lowest BCUT2D eigenvalue weighted by Gasteiger charge is -2.24. The number of hydrogen-bond acceptors (Lipinski definition) is 5. The van der Waals surface area contributed by atoms with Crippen LogP contribution in [0, 0.1) is 5.41 Å². The molecule has 18 heavy (non-hydrogen) atoms. The minimum Gasteiger partial charge on any atom is -0.394 e. The average molecular weight is 252 g/mol. The fourth-order valence-corrected chi connectivity index (χ4v) is 1.98. The highest BCUT2D eigenvalue weighted by molar-refractivity contribution is 6.05. The SMILES string of the molecule is CC(C)N1C(=O)NC(=N)C1c1cn(CCO)nn1. The second-order valence-corrected chi connectivity index (χ2v) is 4.38. The van der Waals surface area contributed by atoms with E-state index in [2.05, 4.69) is 15.6 Å². The number of aliphatic hydroxyl groups is 1. The molecule has 2 rings (SSSR count). The lowest BCUT2D eigenvalue weighted by atomic mass is 10.1. The smallest absolute Gasteiger partial charge is 0.323 e. The second kappa shape index (κ2) is 4.73.